The van der Waals surface area contributed by atoms with Crippen LogP contribution in [0.5, 0.6) is 0 Å². The third kappa shape index (κ3) is 2.95. The molecule has 1 heterocycles. The maximum Gasteiger partial charge on any atom is 0.282 e. The van der Waals surface area contributed by atoms with Crippen molar-refractivity contribution in [2.75, 3.05) is 4.72 Å². The van der Waals surface area contributed by atoms with Gasteiger partial charge in [-0.15, -0.1) is 0 Å². The summed E-state index contributed by atoms with van der Waals surface area (Å²) >= 11 is 3.17. The highest BCUT2D eigenvalue weighted by atomic mass is 79.9. The van der Waals surface area contributed by atoms with Gasteiger partial charge in [-0.2, -0.15) is 13.7 Å². The third-order valence-corrected chi connectivity index (χ3v) is 4.12. The van der Waals surface area contributed by atoms with Gasteiger partial charge in [-0.25, -0.2) is 9.37 Å². The van der Waals surface area contributed by atoms with Crippen LogP contribution in [-0.2, 0) is 10.0 Å². The van der Waals surface area contributed by atoms with Crippen LogP contribution in [0.15, 0.2) is 46.0 Å². The molecule has 1 N–H and O–H groups in total. The number of nitriles is 1. The lowest BCUT2D eigenvalue weighted by Crippen LogP contribution is -2.16. The highest BCUT2D eigenvalue weighted by molar-refractivity contribution is 9.10. The van der Waals surface area contributed by atoms with Gasteiger partial charge in [-0.3, -0.25) is 4.72 Å². The summed E-state index contributed by atoms with van der Waals surface area (Å²) in [6.45, 7) is 0. The number of nitrogens with zero attached hydrogens (tertiary/aromatic N) is 2. The molecule has 0 aliphatic carbocycles. The minimum Gasteiger partial charge on any atom is -0.277 e. The second kappa shape index (κ2) is 5.56. The van der Waals surface area contributed by atoms with Crippen LogP contribution in [0, 0.1) is 17.1 Å². The van der Waals surface area contributed by atoms with Crippen molar-refractivity contribution in [2.24, 2.45) is 0 Å². The summed E-state index contributed by atoms with van der Waals surface area (Å²) in [7, 11) is -4.19. The van der Waals surface area contributed by atoms with Crippen molar-refractivity contribution in [3.63, 3.8) is 0 Å². The molecule has 1 aromatic heterocycles. The van der Waals surface area contributed by atoms with Crippen molar-refractivity contribution >= 4 is 31.6 Å². The van der Waals surface area contributed by atoms with Gasteiger partial charge >= 0.3 is 0 Å². The lowest BCUT2D eigenvalue weighted by Gasteiger charge is -2.09. The number of anilines is 1. The summed E-state index contributed by atoms with van der Waals surface area (Å²) < 4.78 is 40.3. The van der Waals surface area contributed by atoms with E-state index in [1.54, 1.807) is 6.07 Å². The SMILES string of the molecule is N#Cc1cc(Br)ccc1NS(=O)(=O)c1ncccc1F. The first-order valence-corrected chi connectivity index (χ1v) is 7.54. The Kier molecular flexibility index (Phi) is 4.01. The van der Waals surface area contributed by atoms with E-state index < -0.39 is 20.9 Å². The summed E-state index contributed by atoms with van der Waals surface area (Å²) in [4.78, 5) is 3.50. The summed E-state index contributed by atoms with van der Waals surface area (Å²) in [5.41, 5.74) is 0.167. The zero-order chi connectivity index (χ0) is 14.8. The smallest absolute Gasteiger partial charge is 0.277 e. The van der Waals surface area contributed by atoms with Crippen LogP contribution in [0.3, 0.4) is 0 Å². The molecule has 1 aromatic carbocycles. The minimum absolute atomic E-state index is 0.0563. The Balaban J connectivity index is 2.45. The fraction of sp³-hybridized carbons (Fsp3) is 0. The molecule has 102 valence electrons. The molecule has 0 unspecified atom stereocenters. The van der Waals surface area contributed by atoms with E-state index in [0.29, 0.717) is 4.47 Å². The fourth-order valence-corrected chi connectivity index (χ4v) is 2.91. The van der Waals surface area contributed by atoms with E-state index in [4.69, 9.17) is 5.26 Å². The molecule has 0 spiro atoms. The van der Waals surface area contributed by atoms with Crippen molar-refractivity contribution < 1.29 is 12.8 Å². The molecule has 20 heavy (non-hydrogen) atoms. The predicted octanol–water partition coefficient (Wildman–Crippen LogP) is 2.66. The predicted molar refractivity (Wildman–Crippen MR) is 73.9 cm³/mol. The van der Waals surface area contributed by atoms with Gasteiger partial charge in [-0.05, 0) is 30.3 Å². The van der Waals surface area contributed by atoms with E-state index in [1.807, 2.05) is 6.07 Å². The summed E-state index contributed by atoms with van der Waals surface area (Å²) in [5, 5.41) is 8.25. The molecule has 0 saturated heterocycles. The highest BCUT2D eigenvalue weighted by Gasteiger charge is 2.21. The van der Waals surface area contributed by atoms with Crippen LogP contribution in [-0.4, -0.2) is 13.4 Å². The zero-order valence-corrected chi connectivity index (χ0v) is 12.2. The van der Waals surface area contributed by atoms with Gasteiger partial charge in [0.2, 0.25) is 5.03 Å². The van der Waals surface area contributed by atoms with E-state index in [-0.39, 0.29) is 11.3 Å². The standard InChI is InChI=1S/C12H7BrFN3O2S/c13-9-3-4-11(8(6-9)7-15)17-20(18,19)12-10(14)2-1-5-16-12/h1-6,17H. The van der Waals surface area contributed by atoms with Crippen molar-refractivity contribution in [2.45, 2.75) is 5.03 Å². The summed E-state index contributed by atoms with van der Waals surface area (Å²) in [6.07, 6.45) is 1.17. The van der Waals surface area contributed by atoms with Crippen molar-refractivity contribution in [3.05, 3.63) is 52.4 Å². The van der Waals surface area contributed by atoms with Crippen LogP contribution < -0.4 is 4.72 Å². The van der Waals surface area contributed by atoms with Crippen LogP contribution in [0.4, 0.5) is 10.1 Å². The first-order chi connectivity index (χ1) is 9.44. The zero-order valence-electron chi connectivity index (χ0n) is 9.84. The lowest BCUT2D eigenvalue weighted by atomic mass is 10.2. The summed E-state index contributed by atoms with van der Waals surface area (Å²) in [5.74, 6) is -0.962. The molecule has 0 amide bonds. The molecule has 0 atom stereocenters. The third-order valence-electron chi connectivity index (χ3n) is 2.33. The largest absolute Gasteiger partial charge is 0.282 e. The highest BCUT2D eigenvalue weighted by Crippen LogP contribution is 2.23. The number of halogens is 2. The molecule has 0 saturated carbocycles. The maximum atomic E-state index is 13.5. The van der Waals surface area contributed by atoms with Crippen LogP contribution >= 0.6 is 15.9 Å². The second-order valence-corrected chi connectivity index (χ2v) is 6.21. The Morgan fingerprint density at radius 3 is 2.75 bits per heavy atom. The van der Waals surface area contributed by atoms with Gasteiger partial charge in [0.25, 0.3) is 10.0 Å². The molecular weight excluding hydrogens is 349 g/mol. The van der Waals surface area contributed by atoms with Crippen molar-refractivity contribution in [1.29, 1.82) is 5.26 Å². The molecule has 5 nitrogen and oxygen atoms in total. The molecule has 0 fully saturated rings. The monoisotopic (exact) mass is 355 g/mol. The molecular formula is C12H7BrFN3O2S. The number of benzene rings is 1. The van der Waals surface area contributed by atoms with Crippen molar-refractivity contribution in [3.8, 4) is 6.07 Å². The van der Waals surface area contributed by atoms with Gasteiger partial charge in [0.15, 0.2) is 5.82 Å². The summed E-state index contributed by atoms with van der Waals surface area (Å²) in [6, 6.07) is 8.55. The lowest BCUT2D eigenvalue weighted by molar-refractivity contribution is 0.557. The molecule has 2 rings (SSSR count). The molecule has 0 radical (unpaired) electrons. The fourth-order valence-electron chi connectivity index (χ4n) is 1.46. The van der Waals surface area contributed by atoms with Gasteiger partial charge < -0.3 is 0 Å². The quantitative estimate of drug-likeness (QED) is 0.917. The van der Waals surface area contributed by atoms with E-state index in [0.717, 1.165) is 6.07 Å². The second-order valence-electron chi connectivity index (χ2n) is 3.70. The minimum atomic E-state index is -4.19. The van der Waals surface area contributed by atoms with Gasteiger partial charge in [-0.1, -0.05) is 15.9 Å². The van der Waals surface area contributed by atoms with E-state index in [9.17, 15) is 12.8 Å². The number of sulfonamides is 1. The maximum absolute atomic E-state index is 13.5. The normalized spacial score (nSPS) is 10.8. The molecule has 0 bridgehead atoms. The van der Waals surface area contributed by atoms with Gasteiger partial charge in [0.1, 0.15) is 6.07 Å². The molecule has 2 aromatic rings. The number of hydrogen-bond donors (Lipinski definition) is 1. The average Bonchev–Trinajstić information content (AvgIpc) is 2.41. The Morgan fingerprint density at radius 1 is 1.35 bits per heavy atom. The van der Waals surface area contributed by atoms with E-state index in [1.165, 1.54) is 24.4 Å². The van der Waals surface area contributed by atoms with Crippen LogP contribution in [0.25, 0.3) is 0 Å². The van der Waals surface area contributed by atoms with Crippen LogP contribution in [0.2, 0.25) is 0 Å². The van der Waals surface area contributed by atoms with Crippen LogP contribution in [0.1, 0.15) is 5.56 Å². The average molecular weight is 356 g/mol. The number of pyridine rings is 1. The Labute approximate surface area is 123 Å². The molecule has 8 heteroatoms. The van der Waals surface area contributed by atoms with Gasteiger partial charge in [0, 0.05) is 10.7 Å². The number of aromatic nitrogens is 1. The Morgan fingerprint density at radius 2 is 2.10 bits per heavy atom. The van der Waals surface area contributed by atoms with E-state index in [2.05, 4.69) is 25.6 Å². The number of rotatable bonds is 3. The molecule has 0 aliphatic heterocycles. The number of hydrogen-bond acceptors (Lipinski definition) is 4. The Hall–Kier alpha value is -1.98. The Bertz CT molecular complexity index is 803. The van der Waals surface area contributed by atoms with E-state index >= 15 is 0 Å². The van der Waals surface area contributed by atoms with Gasteiger partial charge in [0.05, 0.1) is 11.3 Å². The molecule has 0 aliphatic rings. The number of nitrogens with one attached hydrogen (secondary N) is 1. The topological polar surface area (TPSA) is 82.9 Å². The first kappa shape index (κ1) is 14.4. The van der Waals surface area contributed by atoms with Crippen molar-refractivity contribution in [1.82, 2.24) is 4.98 Å². The first-order valence-electron chi connectivity index (χ1n) is 5.27.